The summed E-state index contributed by atoms with van der Waals surface area (Å²) in [6, 6.07) is 16.3. The first kappa shape index (κ1) is 22.3. The molecule has 2 aromatic carbocycles. The van der Waals surface area contributed by atoms with Gasteiger partial charge in [0.1, 0.15) is 11.8 Å². The monoisotopic (exact) mass is 435 g/mol. The molecule has 0 unspecified atom stereocenters. The molecule has 6 heteroatoms. The summed E-state index contributed by atoms with van der Waals surface area (Å²) in [6.07, 6.45) is 5.90. The van der Waals surface area contributed by atoms with E-state index >= 15 is 0 Å². The molecule has 1 atom stereocenters. The molecule has 2 amide bonds. The average molecular weight is 436 g/mol. The molecule has 2 aromatic rings. The lowest BCUT2D eigenvalue weighted by Gasteiger charge is -2.41. The van der Waals surface area contributed by atoms with E-state index < -0.39 is 6.04 Å². The fourth-order valence-electron chi connectivity index (χ4n) is 4.81. The van der Waals surface area contributed by atoms with Gasteiger partial charge in [-0.25, -0.2) is 0 Å². The predicted molar refractivity (Wildman–Crippen MR) is 125 cm³/mol. The average Bonchev–Trinajstić information content (AvgIpc) is 2.88. The molecule has 0 saturated carbocycles. The maximum atomic E-state index is 13.5. The summed E-state index contributed by atoms with van der Waals surface area (Å²) in [6.45, 7) is 3.84. The fraction of sp³-hybridized carbons (Fsp3) is 0.462. The summed E-state index contributed by atoms with van der Waals surface area (Å²) in [7, 11) is 1.59. The number of piperidine rings is 2. The van der Waals surface area contributed by atoms with Crippen molar-refractivity contribution in [3.05, 3.63) is 65.7 Å². The summed E-state index contributed by atoms with van der Waals surface area (Å²) >= 11 is 0. The van der Waals surface area contributed by atoms with Crippen molar-refractivity contribution in [1.82, 2.24) is 15.1 Å². The number of likely N-dealkylation sites (tertiary alicyclic amines) is 2. The van der Waals surface area contributed by atoms with E-state index in [2.05, 4.69) is 10.2 Å². The number of ether oxygens (including phenoxy) is 1. The van der Waals surface area contributed by atoms with E-state index in [4.69, 9.17) is 4.74 Å². The summed E-state index contributed by atoms with van der Waals surface area (Å²) in [5.41, 5.74) is 1.31. The largest absolute Gasteiger partial charge is 0.497 e. The van der Waals surface area contributed by atoms with Gasteiger partial charge in [0.05, 0.1) is 7.11 Å². The molecular weight excluding hydrogens is 402 g/mol. The second-order valence-electron chi connectivity index (χ2n) is 8.70. The third-order valence-corrected chi connectivity index (χ3v) is 6.69. The van der Waals surface area contributed by atoms with Crippen molar-refractivity contribution >= 4 is 11.8 Å². The molecule has 2 fully saturated rings. The van der Waals surface area contributed by atoms with E-state index in [0.29, 0.717) is 17.4 Å². The number of rotatable bonds is 6. The molecule has 1 N–H and O–H groups in total. The first-order valence-corrected chi connectivity index (χ1v) is 11.7. The van der Waals surface area contributed by atoms with E-state index in [9.17, 15) is 9.59 Å². The van der Waals surface area contributed by atoms with Crippen LogP contribution in [0.15, 0.2) is 54.6 Å². The summed E-state index contributed by atoms with van der Waals surface area (Å²) in [5, 5.41) is 2.98. The van der Waals surface area contributed by atoms with Gasteiger partial charge in [-0.2, -0.15) is 0 Å². The third-order valence-electron chi connectivity index (χ3n) is 6.69. The minimum atomic E-state index is -0.697. The molecule has 32 heavy (non-hydrogen) atoms. The number of benzene rings is 2. The van der Waals surface area contributed by atoms with Gasteiger partial charge in [0, 0.05) is 24.7 Å². The van der Waals surface area contributed by atoms with Gasteiger partial charge in [-0.3, -0.25) is 9.59 Å². The van der Waals surface area contributed by atoms with Gasteiger partial charge in [0.25, 0.3) is 5.91 Å². The van der Waals surface area contributed by atoms with Crippen LogP contribution in [-0.2, 0) is 4.79 Å². The zero-order valence-corrected chi connectivity index (χ0v) is 18.8. The molecule has 0 radical (unpaired) electrons. The van der Waals surface area contributed by atoms with Crippen molar-refractivity contribution in [1.29, 1.82) is 0 Å². The van der Waals surface area contributed by atoms with Gasteiger partial charge in [-0.05, 0) is 68.6 Å². The standard InChI is InChI=1S/C26H33N3O3/c1-32-23-12-10-21(11-13-23)25(30)27-24(20-8-4-2-5-9-20)26(31)29-18-14-22(15-19-29)28-16-6-3-7-17-28/h2,4-5,8-13,22,24H,3,6-7,14-19H2,1H3,(H,27,30)/t24-/m1/s1. The van der Waals surface area contributed by atoms with Gasteiger partial charge in [0.2, 0.25) is 5.91 Å². The highest BCUT2D eigenvalue weighted by atomic mass is 16.5. The Labute approximate surface area is 190 Å². The minimum absolute atomic E-state index is 0.0323. The van der Waals surface area contributed by atoms with Crippen LogP contribution in [-0.4, -0.2) is 60.9 Å². The lowest BCUT2D eigenvalue weighted by atomic mass is 9.98. The van der Waals surface area contributed by atoms with Crippen LogP contribution in [0.5, 0.6) is 5.75 Å². The van der Waals surface area contributed by atoms with Crippen LogP contribution in [0.3, 0.4) is 0 Å². The van der Waals surface area contributed by atoms with Gasteiger partial charge in [-0.15, -0.1) is 0 Å². The number of carbonyl (C=O) groups excluding carboxylic acids is 2. The first-order chi connectivity index (χ1) is 15.7. The topological polar surface area (TPSA) is 61.9 Å². The Morgan fingerprint density at radius 1 is 0.906 bits per heavy atom. The van der Waals surface area contributed by atoms with E-state index in [1.165, 1.54) is 32.4 Å². The molecule has 2 heterocycles. The lowest BCUT2D eigenvalue weighted by Crippen LogP contribution is -2.50. The highest BCUT2D eigenvalue weighted by molar-refractivity contribution is 5.98. The Morgan fingerprint density at radius 3 is 2.19 bits per heavy atom. The van der Waals surface area contributed by atoms with Crippen molar-refractivity contribution in [3.63, 3.8) is 0 Å². The molecule has 0 aromatic heterocycles. The molecule has 170 valence electrons. The molecule has 0 bridgehead atoms. The molecule has 2 aliphatic heterocycles. The predicted octanol–water partition coefficient (Wildman–Crippen LogP) is 3.64. The maximum Gasteiger partial charge on any atom is 0.252 e. The van der Waals surface area contributed by atoms with Crippen molar-refractivity contribution < 1.29 is 14.3 Å². The van der Waals surface area contributed by atoms with Crippen molar-refractivity contribution in [2.24, 2.45) is 0 Å². The van der Waals surface area contributed by atoms with Crippen LogP contribution in [0, 0.1) is 0 Å². The van der Waals surface area contributed by atoms with Crippen LogP contribution in [0.2, 0.25) is 0 Å². The molecular formula is C26H33N3O3. The van der Waals surface area contributed by atoms with Crippen LogP contribution >= 0.6 is 0 Å². The molecule has 6 nitrogen and oxygen atoms in total. The van der Waals surface area contributed by atoms with Crippen molar-refractivity contribution in [3.8, 4) is 5.75 Å². The SMILES string of the molecule is COc1ccc(C(=O)N[C@@H](C(=O)N2CCC(N3CCCCC3)CC2)c2ccccc2)cc1. The van der Waals surface area contributed by atoms with Crippen LogP contribution in [0.1, 0.15) is 54.1 Å². The third kappa shape index (κ3) is 5.30. The van der Waals surface area contributed by atoms with Crippen LogP contribution < -0.4 is 10.1 Å². The fourth-order valence-corrected chi connectivity index (χ4v) is 4.81. The second-order valence-corrected chi connectivity index (χ2v) is 8.70. The highest BCUT2D eigenvalue weighted by Gasteiger charge is 2.32. The molecule has 4 rings (SSSR count). The number of nitrogens with zero attached hydrogens (tertiary/aromatic N) is 2. The molecule has 2 saturated heterocycles. The summed E-state index contributed by atoms with van der Waals surface area (Å²) in [5.74, 6) is 0.391. The first-order valence-electron chi connectivity index (χ1n) is 11.7. The quantitative estimate of drug-likeness (QED) is 0.753. The van der Waals surface area contributed by atoms with E-state index in [1.807, 2.05) is 35.2 Å². The highest BCUT2D eigenvalue weighted by Crippen LogP contribution is 2.24. The molecule has 0 aliphatic carbocycles. The Hall–Kier alpha value is -2.86. The Bertz CT molecular complexity index is 886. The number of methoxy groups -OCH3 is 1. The van der Waals surface area contributed by atoms with Crippen molar-refractivity contribution in [2.75, 3.05) is 33.3 Å². The number of hydrogen-bond donors (Lipinski definition) is 1. The Morgan fingerprint density at radius 2 is 1.56 bits per heavy atom. The van der Waals surface area contributed by atoms with Gasteiger partial charge >= 0.3 is 0 Å². The molecule has 2 aliphatic rings. The van der Waals surface area contributed by atoms with E-state index in [1.54, 1.807) is 31.4 Å². The van der Waals surface area contributed by atoms with Crippen LogP contribution in [0.4, 0.5) is 0 Å². The normalized spacial score (nSPS) is 18.7. The maximum absolute atomic E-state index is 13.5. The second kappa shape index (κ2) is 10.6. The minimum Gasteiger partial charge on any atom is -0.497 e. The number of nitrogens with one attached hydrogen (secondary N) is 1. The zero-order valence-electron chi connectivity index (χ0n) is 18.8. The zero-order chi connectivity index (χ0) is 22.3. The van der Waals surface area contributed by atoms with Crippen molar-refractivity contribution in [2.45, 2.75) is 44.2 Å². The van der Waals surface area contributed by atoms with Gasteiger partial charge in [0.15, 0.2) is 0 Å². The summed E-state index contributed by atoms with van der Waals surface area (Å²) in [4.78, 5) is 31.0. The lowest BCUT2D eigenvalue weighted by molar-refractivity contribution is -0.135. The summed E-state index contributed by atoms with van der Waals surface area (Å²) < 4.78 is 5.17. The van der Waals surface area contributed by atoms with E-state index in [-0.39, 0.29) is 11.8 Å². The van der Waals surface area contributed by atoms with E-state index in [0.717, 1.165) is 31.5 Å². The number of hydrogen-bond acceptors (Lipinski definition) is 4. The van der Waals surface area contributed by atoms with Gasteiger partial charge in [-0.1, -0.05) is 36.8 Å². The Balaban J connectivity index is 1.44. The Kier molecular flexibility index (Phi) is 7.43. The number of carbonyl (C=O) groups is 2. The molecule has 0 spiro atoms. The number of amides is 2. The van der Waals surface area contributed by atoms with Crippen LogP contribution in [0.25, 0.3) is 0 Å². The smallest absolute Gasteiger partial charge is 0.252 e. The van der Waals surface area contributed by atoms with Gasteiger partial charge < -0.3 is 19.9 Å².